The first kappa shape index (κ1) is 14.8. The first-order chi connectivity index (χ1) is 9.48. The van der Waals surface area contributed by atoms with E-state index in [2.05, 4.69) is 49.5 Å². The van der Waals surface area contributed by atoms with E-state index >= 15 is 0 Å². The van der Waals surface area contributed by atoms with Gasteiger partial charge >= 0.3 is 5.97 Å². The summed E-state index contributed by atoms with van der Waals surface area (Å²) in [6.07, 6.45) is 5.00. The normalized spacial score (nSPS) is 29.9. The molecule has 1 aromatic rings. The fourth-order valence-corrected chi connectivity index (χ4v) is 3.00. The Morgan fingerprint density at radius 1 is 1.30 bits per heavy atom. The zero-order valence-corrected chi connectivity index (χ0v) is 12.2. The Morgan fingerprint density at radius 3 is 2.65 bits per heavy atom. The zero-order valence-electron chi connectivity index (χ0n) is 12.2. The molecule has 2 N–H and O–H groups in total. The van der Waals surface area contributed by atoms with E-state index in [0.29, 0.717) is 6.42 Å². The average molecular weight is 273 g/mol. The molecule has 3 heteroatoms. The van der Waals surface area contributed by atoms with Crippen LogP contribution in [0.2, 0.25) is 0 Å². The summed E-state index contributed by atoms with van der Waals surface area (Å²) < 4.78 is 0. The Bertz CT molecular complexity index is 497. The number of carboxylic acid groups (broad SMARTS) is 1. The molecule has 1 saturated heterocycles. The van der Waals surface area contributed by atoms with Crippen LogP contribution < -0.4 is 5.32 Å². The van der Waals surface area contributed by atoms with Gasteiger partial charge in [-0.25, -0.2) is 0 Å². The predicted molar refractivity (Wildman–Crippen MR) is 80.8 cm³/mol. The van der Waals surface area contributed by atoms with Crippen LogP contribution in [0.5, 0.6) is 0 Å². The number of nitrogens with one attached hydrogen (secondary N) is 1. The molecule has 0 saturated carbocycles. The van der Waals surface area contributed by atoms with Crippen molar-refractivity contribution in [3.8, 4) is 0 Å². The lowest BCUT2D eigenvalue weighted by atomic mass is 9.64. The van der Waals surface area contributed by atoms with Gasteiger partial charge in [-0.2, -0.15) is 0 Å². The zero-order chi connectivity index (χ0) is 14.6. The number of carboxylic acids is 1. The molecule has 108 valence electrons. The lowest BCUT2D eigenvalue weighted by Gasteiger charge is -2.38. The van der Waals surface area contributed by atoms with Gasteiger partial charge in [-0.1, -0.05) is 56.3 Å². The van der Waals surface area contributed by atoms with Crippen molar-refractivity contribution in [1.29, 1.82) is 0 Å². The first-order valence-corrected chi connectivity index (χ1v) is 7.14. The second-order valence-corrected chi connectivity index (χ2v) is 6.05. The van der Waals surface area contributed by atoms with E-state index in [1.165, 1.54) is 5.56 Å². The van der Waals surface area contributed by atoms with Crippen LogP contribution in [0.4, 0.5) is 0 Å². The number of rotatable bonds is 5. The van der Waals surface area contributed by atoms with Crippen LogP contribution in [0.3, 0.4) is 0 Å². The average Bonchev–Trinajstić information content (AvgIpc) is 2.73. The van der Waals surface area contributed by atoms with E-state index in [-0.39, 0.29) is 17.3 Å². The molecule has 3 nitrogen and oxygen atoms in total. The molecule has 1 aliphatic rings. The molecule has 0 amide bonds. The molecule has 2 unspecified atom stereocenters. The summed E-state index contributed by atoms with van der Waals surface area (Å²) in [5.74, 6) is -0.741. The summed E-state index contributed by atoms with van der Waals surface area (Å²) in [4.78, 5) is 10.6. The van der Waals surface area contributed by atoms with Crippen LogP contribution >= 0.6 is 0 Å². The molecule has 2 atom stereocenters. The van der Waals surface area contributed by atoms with Gasteiger partial charge in [-0.05, 0) is 12.0 Å². The molecule has 0 aliphatic carbocycles. The summed E-state index contributed by atoms with van der Waals surface area (Å²) in [5, 5.41) is 12.2. The fraction of sp³-hybridized carbons (Fsp3) is 0.471. The highest BCUT2D eigenvalue weighted by atomic mass is 16.4. The Morgan fingerprint density at radius 2 is 2.00 bits per heavy atom. The van der Waals surface area contributed by atoms with Gasteiger partial charge < -0.3 is 10.4 Å². The van der Waals surface area contributed by atoms with Gasteiger partial charge in [0, 0.05) is 30.3 Å². The predicted octanol–water partition coefficient (Wildman–Crippen LogP) is 2.97. The quantitative estimate of drug-likeness (QED) is 0.811. The number of aliphatic carboxylic acids is 1. The van der Waals surface area contributed by atoms with E-state index in [4.69, 9.17) is 5.11 Å². The third kappa shape index (κ3) is 2.78. The number of hydrogen-bond donors (Lipinski definition) is 2. The highest BCUT2D eigenvalue weighted by Gasteiger charge is 2.47. The highest BCUT2D eigenvalue weighted by Crippen LogP contribution is 2.45. The van der Waals surface area contributed by atoms with Crippen molar-refractivity contribution in [3.05, 3.63) is 48.0 Å². The maximum Gasteiger partial charge on any atom is 0.303 e. The minimum Gasteiger partial charge on any atom is -0.481 e. The fourth-order valence-electron chi connectivity index (χ4n) is 3.00. The molecular formula is C17H23NO2. The Labute approximate surface area is 120 Å². The van der Waals surface area contributed by atoms with Crippen molar-refractivity contribution >= 4 is 5.97 Å². The molecule has 0 spiro atoms. The number of allylic oxidation sites excluding steroid dienone is 1. The monoisotopic (exact) mass is 273 g/mol. The molecule has 1 heterocycles. The summed E-state index contributed by atoms with van der Waals surface area (Å²) >= 11 is 0. The molecule has 2 rings (SSSR count). The maximum absolute atomic E-state index is 10.6. The third-order valence-electron chi connectivity index (χ3n) is 4.65. The lowest BCUT2D eigenvalue weighted by molar-refractivity contribution is -0.136. The van der Waals surface area contributed by atoms with Gasteiger partial charge in [-0.3, -0.25) is 4.79 Å². The number of hydrogen-bond acceptors (Lipinski definition) is 2. The SMILES string of the molecule is CC1(/C=C\CCC(=O)O)CNCC1(C)c1ccccc1. The van der Waals surface area contributed by atoms with Crippen LogP contribution in [0.1, 0.15) is 32.3 Å². The van der Waals surface area contributed by atoms with Crippen molar-refractivity contribution < 1.29 is 9.90 Å². The smallest absolute Gasteiger partial charge is 0.303 e. The molecular weight excluding hydrogens is 250 g/mol. The van der Waals surface area contributed by atoms with Gasteiger partial charge in [0.1, 0.15) is 0 Å². The van der Waals surface area contributed by atoms with Crippen LogP contribution in [-0.4, -0.2) is 24.2 Å². The third-order valence-corrected chi connectivity index (χ3v) is 4.65. The van der Waals surface area contributed by atoms with E-state index in [9.17, 15) is 4.79 Å². The number of benzene rings is 1. The van der Waals surface area contributed by atoms with E-state index in [1.54, 1.807) is 0 Å². The van der Waals surface area contributed by atoms with Crippen LogP contribution in [-0.2, 0) is 10.2 Å². The van der Waals surface area contributed by atoms with Crippen molar-refractivity contribution in [2.45, 2.75) is 32.1 Å². The van der Waals surface area contributed by atoms with E-state index in [1.807, 2.05) is 12.1 Å². The van der Waals surface area contributed by atoms with Gasteiger partial charge in [0.05, 0.1) is 0 Å². The summed E-state index contributed by atoms with van der Waals surface area (Å²) in [6, 6.07) is 10.5. The van der Waals surface area contributed by atoms with Gasteiger partial charge in [0.25, 0.3) is 0 Å². The van der Waals surface area contributed by atoms with Gasteiger partial charge in [-0.15, -0.1) is 0 Å². The van der Waals surface area contributed by atoms with E-state index < -0.39 is 5.97 Å². The molecule has 0 radical (unpaired) electrons. The second kappa shape index (κ2) is 5.80. The maximum atomic E-state index is 10.6. The Kier molecular flexibility index (Phi) is 4.29. The van der Waals surface area contributed by atoms with Crippen molar-refractivity contribution in [1.82, 2.24) is 5.32 Å². The highest BCUT2D eigenvalue weighted by molar-refractivity contribution is 5.66. The Hall–Kier alpha value is -1.61. The molecule has 1 aromatic carbocycles. The number of carbonyl (C=O) groups is 1. The van der Waals surface area contributed by atoms with E-state index in [0.717, 1.165) is 13.1 Å². The molecule has 1 aliphatic heterocycles. The standard InChI is InChI=1S/C17H23NO2/c1-16(11-7-6-10-15(19)20)12-18-13-17(16,2)14-8-4-3-5-9-14/h3-5,7-9,11,18H,6,10,12-13H2,1-2H3,(H,19,20)/b11-7-. The summed E-state index contributed by atoms with van der Waals surface area (Å²) in [6.45, 7) is 6.39. The lowest BCUT2D eigenvalue weighted by Crippen LogP contribution is -2.38. The molecule has 1 fully saturated rings. The molecule has 0 bridgehead atoms. The minimum atomic E-state index is -0.741. The van der Waals surface area contributed by atoms with Crippen LogP contribution in [0, 0.1) is 5.41 Å². The molecule has 0 aromatic heterocycles. The minimum absolute atomic E-state index is 0.00680. The van der Waals surface area contributed by atoms with Gasteiger partial charge in [0.2, 0.25) is 0 Å². The first-order valence-electron chi connectivity index (χ1n) is 7.14. The summed E-state index contributed by atoms with van der Waals surface area (Å²) in [7, 11) is 0. The second-order valence-electron chi connectivity index (χ2n) is 6.05. The van der Waals surface area contributed by atoms with Crippen molar-refractivity contribution in [3.63, 3.8) is 0 Å². The Balaban J connectivity index is 2.19. The van der Waals surface area contributed by atoms with Crippen molar-refractivity contribution in [2.75, 3.05) is 13.1 Å². The largest absolute Gasteiger partial charge is 0.481 e. The topological polar surface area (TPSA) is 49.3 Å². The van der Waals surface area contributed by atoms with Crippen LogP contribution in [0.25, 0.3) is 0 Å². The van der Waals surface area contributed by atoms with Crippen LogP contribution in [0.15, 0.2) is 42.5 Å². The van der Waals surface area contributed by atoms with Crippen molar-refractivity contribution in [2.24, 2.45) is 5.41 Å². The van der Waals surface area contributed by atoms with Gasteiger partial charge in [0.15, 0.2) is 0 Å². The summed E-state index contributed by atoms with van der Waals surface area (Å²) in [5.41, 5.74) is 1.37. The molecule has 20 heavy (non-hydrogen) atoms.